The van der Waals surface area contributed by atoms with Gasteiger partial charge in [-0.25, -0.2) is 0 Å². The number of fused-ring (bicyclic) bond motifs is 1. The van der Waals surface area contributed by atoms with Crippen molar-refractivity contribution in [3.05, 3.63) is 30.7 Å². The molecule has 5 nitrogen and oxygen atoms in total. The lowest BCUT2D eigenvalue weighted by atomic mass is 10.2. The zero-order valence-corrected chi connectivity index (χ0v) is 13.9. The fraction of sp³-hybridized carbons (Fsp3) is 0.308. The molecule has 1 amide bonds. The minimum atomic E-state index is -0.493. The van der Waals surface area contributed by atoms with Gasteiger partial charge in [-0.15, -0.1) is 24.8 Å². The maximum atomic E-state index is 12.0. The third kappa shape index (κ3) is 5.32. The maximum absolute atomic E-state index is 12.0. The zero-order valence-electron chi connectivity index (χ0n) is 11.5. The van der Waals surface area contributed by atoms with Gasteiger partial charge >= 0.3 is 0 Å². The van der Waals surface area contributed by atoms with E-state index in [9.17, 15) is 4.79 Å². The van der Waals surface area contributed by atoms with Crippen molar-refractivity contribution in [2.75, 3.05) is 17.3 Å². The molecule has 116 valence electrons. The lowest BCUT2D eigenvalue weighted by Gasteiger charge is -2.12. The molecular weight excluding hydrogens is 331 g/mol. The van der Waals surface area contributed by atoms with Crippen molar-refractivity contribution in [2.24, 2.45) is 5.73 Å². The molecule has 2 heterocycles. The largest absolute Gasteiger partial charge is 0.324 e. The highest BCUT2D eigenvalue weighted by Crippen LogP contribution is 2.20. The van der Waals surface area contributed by atoms with E-state index in [4.69, 9.17) is 5.73 Å². The number of halogens is 2. The number of thioether (sulfide) groups is 1. The quantitative estimate of drug-likeness (QED) is 0.867. The first-order valence-corrected chi connectivity index (χ1v) is 7.36. The third-order valence-electron chi connectivity index (χ3n) is 2.77. The van der Waals surface area contributed by atoms with Crippen molar-refractivity contribution >= 4 is 59.1 Å². The van der Waals surface area contributed by atoms with Gasteiger partial charge in [0.25, 0.3) is 0 Å². The van der Waals surface area contributed by atoms with E-state index < -0.39 is 6.04 Å². The first-order chi connectivity index (χ1) is 9.22. The molecule has 0 spiro atoms. The average Bonchev–Trinajstić information content (AvgIpc) is 2.45. The van der Waals surface area contributed by atoms with Crippen molar-refractivity contribution in [1.29, 1.82) is 0 Å². The molecule has 0 aromatic carbocycles. The fourth-order valence-corrected chi connectivity index (χ4v) is 2.19. The number of anilines is 1. The van der Waals surface area contributed by atoms with E-state index in [1.165, 1.54) is 0 Å². The number of aromatic nitrogens is 2. The second kappa shape index (κ2) is 9.78. The molecule has 2 aromatic heterocycles. The van der Waals surface area contributed by atoms with Crippen molar-refractivity contribution in [1.82, 2.24) is 9.97 Å². The lowest BCUT2D eigenvalue weighted by molar-refractivity contribution is -0.117. The topological polar surface area (TPSA) is 80.9 Å². The van der Waals surface area contributed by atoms with Gasteiger partial charge in [0.1, 0.15) is 0 Å². The second-order valence-electron chi connectivity index (χ2n) is 4.13. The molecule has 0 saturated carbocycles. The van der Waals surface area contributed by atoms with Crippen LogP contribution in [0.2, 0.25) is 0 Å². The van der Waals surface area contributed by atoms with Crippen LogP contribution in [-0.4, -0.2) is 33.9 Å². The van der Waals surface area contributed by atoms with E-state index in [0.29, 0.717) is 12.1 Å². The van der Waals surface area contributed by atoms with Crippen LogP contribution in [0, 0.1) is 0 Å². The van der Waals surface area contributed by atoms with E-state index in [-0.39, 0.29) is 30.7 Å². The van der Waals surface area contributed by atoms with Crippen LogP contribution in [0.5, 0.6) is 0 Å². The van der Waals surface area contributed by atoms with Crippen molar-refractivity contribution in [2.45, 2.75) is 12.5 Å². The molecule has 3 N–H and O–H groups in total. The predicted octanol–water partition coefficient (Wildman–Crippen LogP) is 2.49. The van der Waals surface area contributed by atoms with Gasteiger partial charge < -0.3 is 11.1 Å². The smallest absolute Gasteiger partial charge is 0.241 e. The average molecular weight is 349 g/mol. The Morgan fingerprint density at radius 2 is 2.14 bits per heavy atom. The molecule has 2 rings (SSSR count). The van der Waals surface area contributed by atoms with E-state index >= 15 is 0 Å². The summed E-state index contributed by atoms with van der Waals surface area (Å²) in [6.07, 6.45) is 7.67. The molecular formula is C13H18Cl2N4OS. The molecule has 0 aliphatic carbocycles. The Bertz CT molecular complexity index is 580. The standard InChI is InChI=1S/C13H16N4OS.2ClH/c1-19-7-4-10(14)13(18)17-12-3-6-16-11-2-5-15-8-9(11)12;;/h2-3,5-6,8,10H,4,7,14H2,1H3,(H,16,17,18);2*1H/t10-;;/m0../s1. The second-order valence-corrected chi connectivity index (χ2v) is 5.11. The van der Waals surface area contributed by atoms with Gasteiger partial charge in [0.15, 0.2) is 0 Å². The van der Waals surface area contributed by atoms with E-state index in [1.807, 2.05) is 6.26 Å². The Hall–Kier alpha value is -1.08. The Morgan fingerprint density at radius 3 is 2.86 bits per heavy atom. The molecule has 0 bridgehead atoms. The molecule has 0 saturated heterocycles. The number of nitrogens with two attached hydrogens (primary N) is 1. The zero-order chi connectivity index (χ0) is 13.7. The van der Waals surface area contributed by atoms with Gasteiger partial charge in [0, 0.05) is 24.0 Å². The SMILES string of the molecule is CSCC[C@H](N)C(=O)Nc1ccnc2ccncc12.Cl.Cl. The van der Waals surface area contributed by atoms with Crippen molar-refractivity contribution in [3.8, 4) is 0 Å². The summed E-state index contributed by atoms with van der Waals surface area (Å²) in [5, 5.41) is 3.66. The molecule has 0 aliphatic heterocycles. The van der Waals surface area contributed by atoms with Gasteiger partial charge in [-0.3, -0.25) is 14.8 Å². The van der Waals surface area contributed by atoms with Crippen LogP contribution >= 0.6 is 36.6 Å². The van der Waals surface area contributed by atoms with Gasteiger partial charge in [-0.05, 0) is 30.6 Å². The fourth-order valence-electron chi connectivity index (χ4n) is 1.70. The molecule has 8 heteroatoms. The van der Waals surface area contributed by atoms with E-state index in [1.54, 1.807) is 42.5 Å². The first-order valence-electron chi connectivity index (χ1n) is 5.96. The van der Waals surface area contributed by atoms with Gasteiger partial charge in [-0.2, -0.15) is 11.8 Å². The van der Waals surface area contributed by atoms with Crippen LogP contribution in [0.4, 0.5) is 5.69 Å². The van der Waals surface area contributed by atoms with Crippen LogP contribution < -0.4 is 11.1 Å². The molecule has 21 heavy (non-hydrogen) atoms. The number of carbonyl (C=O) groups excluding carboxylic acids is 1. The number of amides is 1. The van der Waals surface area contributed by atoms with Gasteiger partial charge in [-0.1, -0.05) is 0 Å². The number of nitrogens with zero attached hydrogens (tertiary/aromatic N) is 2. The summed E-state index contributed by atoms with van der Waals surface area (Å²) in [6, 6.07) is 3.06. The Kier molecular flexibility index (Phi) is 9.28. The minimum absolute atomic E-state index is 0. The van der Waals surface area contributed by atoms with Crippen LogP contribution in [0.25, 0.3) is 10.9 Å². The van der Waals surface area contributed by atoms with Crippen LogP contribution in [0.1, 0.15) is 6.42 Å². The highest BCUT2D eigenvalue weighted by molar-refractivity contribution is 7.98. The Morgan fingerprint density at radius 1 is 1.38 bits per heavy atom. The van der Waals surface area contributed by atoms with E-state index in [2.05, 4.69) is 15.3 Å². The summed E-state index contributed by atoms with van der Waals surface area (Å²) in [4.78, 5) is 20.2. The maximum Gasteiger partial charge on any atom is 0.241 e. The molecule has 2 aromatic rings. The molecule has 0 aliphatic rings. The first kappa shape index (κ1) is 19.9. The van der Waals surface area contributed by atoms with Gasteiger partial charge in [0.2, 0.25) is 5.91 Å². The van der Waals surface area contributed by atoms with E-state index in [0.717, 1.165) is 16.7 Å². The summed E-state index contributed by atoms with van der Waals surface area (Å²) in [7, 11) is 0. The minimum Gasteiger partial charge on any atom is -0.324 e. The van der Waals surface area contributed by atoms with Crippen molar-refractivity contribution in [3.63, 3.8) is 0 Å². The monoisotopic (exact) mass is 348 g/mol. The summed E-state index contributed by atoms with van der Waals surface area (Å²) >= 11 is 1.68. The summed E-state index contributed by atoms with van der Waals surface area (Å²) in [6.45, 7) is 0. The normalized spacial score (nSPS) is 11.1. The summed E-state index contributed by atoms with van der Waals surface area (Å²) in [5.41, 5.74) is 7.33. The number of pyridine rings is 2. The van der Waals surface area contributed by atoms with Crippen LogP contribution in [-0.2, 0) is 4.79 Å². The number of rotatable bonds is 5. The van der Waals surface area contributed by atoms with Gasteiger partial charge in [0.05, 0.1) is 17.2 Å². The third-order valence-corrected chi connectivity index (χ3v) is 3.41. The number of hydrogen-bond acceptors (Lipinski definition) is 5. The van der Waals surface area contributed by atoms with Crippen LogP contribution in [0.3, 0.4) is 0 Å². The van der Waals surface area contributed by atoms with Crippen LogP contribution in [0.15, 0.2) is 30.7 Å². The molecule has 0 radical (unpaired) electrons. The molecule has 0 fully saturated rings. The number of carbonyl (C=O) groups is 1. The summed E-state index contributed by atoms with van der Waals surface area (Å²) < 4.78 is 0. The lowest BCUT2D eigenvalue weighted by Crippen LogP contribution is -2.36. The molecule has 1 atom stereocenters. The Balaban J connectivity index is 0.00000200. The number of hydrogen-bond donors (Lipinski definition) is 2. The predicted molar refractivity (Wildman–Crippen MR) is 93.6 cm³/mol. The summed E-state index contributed by atoms with van der Waals surface area (Å²) in [5.74, 6) is 0.693. The van der Waals surface area contributed by atoms with Crippen molar-refractivity contribution < 1.29 is 4.79 Å². The highest BCUT2D eigenvalue weighted by Gasteiger charge is 2.14. The molecule has 0 unspecified atom stereocenters. The number of nitrogens with one attached hydrogen (secondary N) is 1. The highest BCUT2D eigenvalue weighted by atomic mass is 35.5. The Labute approximate surface area is 140 Å².